The molecule has 80 valence electrons. The first-order valence-electron chi connectivity index (χ1n) is 5.92. The van der Waals surface area contributed by atoms with E-state index in [4.69, 9.17) is 0 Å². The molecule has 3 aliphatic rings. The van der Waals surface area contributed by atoms with E-state index in [1.165, 1.54) is 38.5 Å². The van der Waals surface area contributed by atoms with Crippen LogP contribution in [0.4, 0.5) is 0 Å². The van der Waals surface area contributed by atoms with Gasteiger partial charge >= 0.3 is 0 Å². The molecule has 0 radical (unpaired) electrons. The third kappa shape index (κ3) is 1.21. The first kappa shape index (κ1) is 9.34. The highest BCUT2D eigenvalue weighted by molar-refractivity contribution is 7.85. The molecule has 2 aliphatic carbocycles. The van der Waals surface area contributed by atoms with E-state index in [2.05, 4.69) is 5.32 Å². The van der Waals surface area contributed by atoms with Crippen molar-refractivity contribution < 1.29 is 4.21 Å². The van der Waals surface area contributed by atoms with Crippen molar-refractivity contribution in [3.8, 4) is 0 Å². The highest BCUT2D eigenvalue weighted by Crippen LogP contribution is 2.52. The standard InChI is InChI=1S/C11H19NOS/c13-14-8-7-12-10-9(14)3-6-11(10)4-1-2-5-11/h9-10,12H,1-8H2. The zero-order valence-corrected chi connectivity index (χ0v) is 9.44. The molecular formula is C11H19NOS. The van der Waals surface area contributed by atoms with Crippen LogP contribution >= 0.6 is 0 Å². The van der Waals surface area contributed by atoms with Gasteiger partial charge in [0.1, 0.15) is 0 Å². The largest absolute Gasteiger partial charge is 0.311 e. The zero-order valence-electron chi connectivity index (χ0n) is 8.63. The minimum Gasteiger partial charge on any atom is -0.311 e. The molecule has 2 saturated carbocycles. The highest BCUT2D eigenvalue weighted by atomic mass is 32.2. The Morgan fingerprint density at radius 2 is 2.00 bits per heavy atom. The van der Waals surface area contributed by atoms with Gasteiger partial charge in [-0.3, -0.25) is 4.21 Å². The number of rotatable bonds is 0. The van der Waals surface area contributed by atoms with Crippen LogP contribution in [0.1, 0.15) is 38.5 Å². The van der Waals surface area contributed by atoms with Gasteiger partial charge in [0.2, 0.25) is 0 Å². The maximum Gasteiger partial charge on any atom is 0.0507 e. The molecule has 1 N–H and O–H groups in total. The quantitative estimate of drug-likeness (QED) is 0.659. The Hall–Kier alpha value is 0.110. The minimum absolute atomic E-state index is 0.488. The molecule has 3 heteroatoms. The fourth-order valence-electron chi connectivity index (χ4n) is 3.88. The third-order valence-electron chi connectivity index (χ3n) is 4.56. The second kappa shape index (κ2) is 3.31. The van der Waals surface area contributed by atoms with Gasteiger partial charge in [-0.25, -0.2) is 0 Å². The minimum atomic E-state index is -0.530. The van der Waals surface area contributed by atoms with E-state index in [1.54, 1.807) is 0 Å². The Bertz CT molecular complexity index is 260. The van der Waals surface area contributed by atoms with Gasteiger partial charge in [0.25, 0.3) is 0 Å². The maximum absolute atomic E-state index is 11.9. The SMILES string of the molecule is O=S1CCNC2C1CCC21CCCC1. The number of hydrogen-bond acceptors (Lipinski definition) is 2. The summed E-state index contributed by atoms with van der Waals surface area (Å²) >= 11 is 0. The number of hydrogen-bond donors (Lipinski definition) is 1. The fraction of sp³-hybridized carbons (Fsp3) is 1.00. The molecule has 3 fully saturated rings. The van der Waals surface area contributed by atoms with Crippen LogP contribution in [-0.2, 0) is 10.8 Å². The average Bonchev–Trinajstić information content (AvgIpc) is 2.78. The molecule has 3 rings (SSSR count). The van der Waals surface area contributed by atoms with Gasteiger partial charge in [0.05, 0.1) is 5.25 Å². The lowest BCUT2D eigenvalue weighted by molar-refractivity contribution is 0.233. The summed E-state index contributed by atoms with van der Waals surface area (Å²) in [6, 6.07) is 0.597. The van der Waals surface area contributed by atoms with E-state index < -0.39 is 10.8 Å². The van der Waals surface area contributed by atoms with Crippen molar-refractivity contribution in [1.29, 1.82) is 0 Å². The summed E-state index contributed by atoms with van der Waals surface area (Å²) in [7, 11) is -0.530. The molecule has 0 amide bonds. The second-order valence-electron chi connectivity index (χ2n) is 5.16. The Labute approximate surface area is 88.3 Å². The molecule has 0 aromatic carbocycles. The summed E-state index contributed by atoms with van der Waals surface area (Å²) in [5.74, 6) is 0.886. The predicted molar refractivity (Wildman–Crippen MR) is 58.7 cm³/mol. The summed E-state index contributed by atoms with van der Waals surface area (Å²) in [6.07, 6.45) is 8.12. The van der Waals surface area contributed by atoms with Crippen molar-refractivity contribution in [2.75, 3.05) is 12.3 Å². The molecule has 0 aromatic heterocycles. The van der Waals surface area contributed by atoms with E-state index in [9.17, 15) is 4.21 Å². The van der Waals surface area contributed by atoms with Crippen LogP contribution in [-0.4, -0.2) is 27.8 Å². The van der Waals surface area contributed by atoms with E-state index >= 15 is 0 Å². The summed E-state index contributed by atoms with van der Waals surface area (Å²) in [4.78, 5) is 0. The van der Waals surface area contributed by atoms with Gasteiger partial charge in [0, 0.05) is 29.1 Å². The van der Waals surface area contributed by atoms with Gasteiger partial charge < -0.3 is 5.32 Å². The lowest BCUT2D eigenvalue weighted by Gasteiger charge is -2.37. The molecule has 3 atom stereocenters. The van der Waals surface area contributed by atoms with Crippen LogP contribution in [0.3, 0.4) is 0 Å². The van der Waals surface area contributed by atoms with Crippen molar-refractivity contribution in [2.24, 2.45) is 5.41 Å². The molecular weight excluding hydrogens is 194 g/mol. The Morgan fingerprint density at radius 3 is 2.79 bits per heavy atom. The normalized spacial score (nSPS) is 45.6. The predicted octanol–water partition coefficient (Wildman–Crippen LogP) is 1.43. The van der Waals surface area contributed by atoms with E-state index in [0.717, 1.165) is 12.3 Å². The van der Waals surface area contributed by atoms with Crippen molar-refractivity contribution in [3.63, 3.8) is 0 Å². The van der Waals surface area contributed by atoms with Gasteiger partial charge in [0.15, 0.2) is 0 Å². The van der Waals surface area contributed by atoms with Crippen LogP contribution in [0.25, 0.3) is 0 Å². The van der Waals surface area contributed by atoms with Crippen LogP contribution in [0, 0.1) is 5.41 Å². The smallest absolute Gasteiger partial charge is 0.0507 e. The molecule has 3 unspecified atom stereocenters. The topological polar surface area (TPSA) is 29.1 Å². The molecule has 1 aliphatic heterocycles. The highest BCUT2D eigenvalue weighted by Gasteiger charge is 2.52. The summed E-state index contributed by atoms with van der Waals surface area (Å²) in [6.45, 7) is 0.982. The summed E-state index contributed by atoms with van der Waals surface area (Å²) < 4.78 is 11.9. The van der Waals surface area contributed by atoms with Crippen LogP contribution < -0.4 is 5.32 Å². The van der Waals surface area contributed by atoms with Gasteiger partial charge in [-0.2, -0.15) is 0 Å². The zero-order chi connectivity index (χ0) is 9.60. The number of nitrogens with one attached hydrogen (secondary N) is 1. The fourth-order valence-corrected chi connectivity index (χ4v) is 5.57. The summed E-state index contributed by atoms with van der Waals surface area (Å²) in [5.41, 5.74) is 0.556. The second-order valence-corrected chi connectivity index (χ2v) is 6.94. The summed E-state index contributed by atoms with van der Waals surface area (Å²) in [5, 5.41) is 4.14. The molecule has 1 spiro atoms. The number of fused-ring (bicyclic) bond motifs is 2. The first-order chi connectivity index (χ1) is 6.82. The van der Waals surface area contributed by atoms with Gasteiger partial charge in [-0.15, -0.1) is 0 Å². The Kier molecular flexibility index (Phi) is 2.21. The van der Waals surface area contributed by atoms with Crippen molar-refractivity contribution in [2.45, 2.75) is 49.8 Å². The van der Waals surface area contributed by atoms with Crippen molar-refractivity contribution in [3.05, 3.63) is 0 Å². The van der Waals surface area contributed by atoms with Crippen LogP contribution in [0.5, 0.6) is 0 Å². The van der Waals surface area contributed by atoms with Crippen LogP contribution in [0.2, 0.25) is 0 Å². The van der Waals surface area contributed by atoms with Crippen molar-refractivity contribution in [1.82, 2.24) is 5.32 Å². The Balaban J connectivity index is 1.87. The van der Waals surface area contributed by atoms with Crippen molar-refractivity contribution >= 4 is 10.8 Å². The van der Waals surface area contributed by atoms with E-state index in [1.807, 2.05) is 0 Å². The lowest BCUT2D eigenvalue weighted by Crippen LogP contribution is -2.53. The van der Waals surface area contributed by atoms with E-state index in [0.29, 0.717) is 16.7 Å². The third-order valence-corrected chi connectivity index (χ3v) is 6.35. The lowest BCUT2D eigenvalue weighted by atomic mass is 9.81. The molecule has 1 saturated heterocycles. The monoisotopic (exact) mass is 213 g/mol. The molecule has 0 bridgehead atoms. The molecule has 0 aromatic rings. The molecule has 1 heterocycles. The first-order valence-corrected chi connectivity index (χ1v) is 7.31. The molecule has 14 heavy (non-hydrogen) atoms. The average molecular weight is 213 g/mol. The van der Waals surface area contributed by atoms with Gasteiger partial charge in [-0.05, 0) is 31.1 Å². The van der Waals surface area contributed by atoms with E-state index in [-0.39, 0.29) is 0 Å². The van der Waals surface area contributed by atoms with Gasteiger partial charge in [-0.1, -0.05) is 12.8 Å². The maximum atomic E-state index is 11.9. The van der Waals surface area contributed by atoms with Crippen LogP contribution in [0.15, 0.2) is 0 Å². The Morgan fingerprint density at radius 1 is 1.21 bits per heavy atom. The molecule has 2 nitrogen and oxygen atoms in total.